The summed E-state index contributed by atoms with van der Waals surface area (Å²) in [5.41, 5.74) is 0. The van der Waals surface area contributed by atoms with E-state index in [0.29, 0.717) is 12.8 Å². The average Bonchev–Trinajstić information content (AvgIpc) is 3.24. The topological polar surface area (TPSA) is 226 Å². The zero-order valence-electron chi connectivity index (χ0n) is 39.3. The van der Waals surface area contributed by atoms with Crippen LogP contribution in [0.3, 0.4) is 0 Å². The molecule has 0 aromatic heterocycles. The molecule has 0 heterocycles. The number of phosphoric acid groups is 1. The van der Waals surface area contributed by atoms with Gasteiger partial charge in [0.2, 0.25) is 5.91 Å². The van der Waals surface area contributed by atoms with Crippen LogP contribution in [0.25, 0.3) is 0 Å². The van der Waals surface area contributed by atoms with Crippen LogP contribution in [0, 0.1) is 0 Å². The molecule has 0 bridgehead atoms. The van der Waals surface area contributed by atoms with Crippen molar-refractivity contribution in [2.45, 2.75) is 293 Å². The predicted molar refractivity (Wildman–Crippen MR) is 248 cm³/mol. The van der Waals surface area contributed by atoms with Crippen molar-refractivity contribution < 1.29 is 59.0 Å². The summed E-state index contributed by atoms with van der Waals surface area (Å²) in [7, 11) is -5.11. The second-order valence-electron chi connectivity index (χ2n) is 18.6. The molecule has 0 saturated heterocycles. The fraction of sp³-hybridized carbons (Fsp3) is 0.979. The van der Waals surface area contributed by atoms with Gasteiger partial charge in [0.05, 0.1) is 31.3 Å². The highest BCUT2D eigenvalue weighted by molar-refractivity contribution is 7.47. The van der Waals surface area contributed by atoms with Gasteiger partial charge in [0.25, 0.3) is 0 Å². The molecule has 14 heteroatoms. The minimum Gasteiger partial charge on any atom is -0.393 e. The number of nitrogens with one attached hydrogen (secondary N) is 1. The van der Waals surface area contributed by atoms with Crippen molar-refractivity contribution >= 4 is 13.7 Å². The van der Waals surface area contributed by atoms with Crippen LogP contribution >= 0.6 is 7.82 Å². The smallest absolute Gasteiger partial charge is 0.393 e. The van der Waals surface area contributed by atoms with Gasteiger partial charge in [-0.25, -0.2) is 4.57 Å². The SMILES string of the molecule is CCCCCCCCCCCCCCCCCCCCCCCC(O)C(COP(=O)(O)OC1C(O)C(O)C(O)C(O)C1O)NC(=O)CC(O)CCCCCCCCCCCCC. The third kappa shape index (κ3) is 29.8. The van der Waals surface area contributed by atoms with Gasteiger partial charge >= 0.3 is 7.82 Å². The van der Waals surface area contributed by atoms with Gasteiger partial charge in [-0.05, 0) is 12.8 Å². The molecule has 1 aliphatic rings. The van der Waals surface area contributed by atoms with E-state index >= 15 is 0 Å². The third-order valence-corrected chi connectivity index (χ3v) is 13.7. The lowest BCUT2D eigenvalue weighted by atomic mass is 9.85. The fourth-order valence-corrected chi connectivity index (χ4v) is 9.51. The van der Waals surface area contributed by atoms with Gasteiger partial charge in [-0.2, -0.15) is 0 Å². The number of hydrogen-bond donors (Lipinski definition) is 9. The molecule has 1 aliphatic carbocycles. The van der Waals surface area contributed by atoms with Gasteiger partial charge in [-0.15, -0.1) is 0 Å². The molecule has 62 heavy (non-hydrogen) atoms. The molecular weight excluding hydrogens is 813 g/mol. The Morgan fingerprint density at radius 1 is 0.500 bits per heavy atom. The summed E-state index contributed by atoms with van der Waals surface area (Å²) in [6.07, 6.45) is 25.8. The van der Waals surface area contributed by atoms with Crippen LogP contribution in [-0.2, 0) is 18.4 Å². The lowest BCUT2D eigenvalue weighted by molar-refractivity contribution is -0.220. The highest BCUT2D eigenvalue weighted by Gasteiger charge is 2.51. The monoisotopic (exact) mass is 910 g/mol. The van der Waals surface area contributed by atoms with Crippen LogP contribution in [0.5, 0.6) is 0 Å². The number of amides is 1. The number of aliphatic hydroxyl groups excluding tert-OH is 7. The Balaban J connectivity index is 2.43. The Bertz CT molecular complexity index is 1070. The fourth-order valence-electron chi connectivity index (χ4n) is 8.54. The summed E-state index contributed by atoms with van der Waals surface area (Å²) in [5, 5.41) is 74.7. The molecule has 0 aromatic carbocycles. The van der Waals surface area contributed by atoms with Crippen molar-refractivity contribution in [1.29, 1.82) is 0 Å². The van der Waals surface area contributed by atoms with E-state index in [1.54, 1.807) is 0 Å². The van der Waals surface area contributed by atoms with Crippen LogP contribution in [0.4, 0.5) is 0 Å². The number of unbranched alkanes of at least 4 members (excludes halogenated alkanes) is 30. The van der Waals surface area contributed by atoms with Crippen molar-refractivity contribution in [1.82, 2.24) is 5.32 Å². The standard InChI is InChI=1S/C48H96NO12P/c1-3-5-7-9-11-13-15-16-17-18-19-20-21-22-23-24-26-28-30-32-34-36-41(51)40(38-60-62(58,59)61-48-46(56)44(54)43(53)45(55)47(48)57)49-42(52)37-39(50)35-33-31-29-27-25-14-12-10-8-6-4-2/h39-41,43-48,50-51,53-57H,3-38H2,1-2H3,(H,49,52)(H,58,59). The first-order chi connectivity index (χ1) is 29.8. The van der Waals surface area contributed by atoms with E-state index in [-0.39, 0.29) is 12.8 Å². The summed E-state index contributed by atoms with van der Waals surface area (Å²) < 4.78 is 23.0. The Morgan fingerprint density at radius 3 is 1.16 bits per heavy atom. The van der Waals surface area contributed by atoms with E-state index in [1.165, 1.54) is 148 Å². The maximum atomic E-state index is 13.0. The first kappa shape index (κ1) is 59.3. The second kappa shape index (κ2) is 38.4. The van der Waals surface area contributed by atoms with E-state index in [9.17, 15) is 50.0 Å². The van der Waals surface area contributed by atoms with Gasteiger partial charge in [-0.1, -0.05) is 219 Å². The molecule has 0 aliphatic heterocycles. The van der Waals surface area contributed by atoms with Gasteiger partial charge in [0.1, 0.15) is 36.6 Å². The van der Waals surface area contributed by atoms with E-state index in [0.717, 1.165) is 51.4 Å². The Labute approximate surface area is 377 Å². The van der Waals surface area contributed by atoms with Crippen molar-refractivity contribution in [2.24, 2.45) is 0 Å². The Hall–Kier alpha value is -0.700. The van der Waals surface area contributed by atoms with E-state index in [4.69, 9.17) is 9.05 Å². The molecule has 370 valence electrons. The lowest BCUT2D eigenvalue weighted by Crippen LogP contribution is -2.64. The third-order valence-electron chi connectivity index (χ3n) is 12.7. The minimum absolute atomic E-state index is 0.216. The molecular formula is C48H96NO12P. The van der Waals surface area contributed by atoms with Gasteiger partial charge in [-0.3, -0.25) is 13.8 Å². The molecule has 0 aromatic rings. The molecule has 9 N–H and O–H groups in total. The average molecular weight is 910 g/mol. The van der Waals surface area contributed by atoms with Crippen LogP contribution in [-0.4, -0.2) is 108 Å². The maximum absolute atomic E-state index is 13.0. The second-order valence-corrected chi connectivity index (χ2v) is 20.0. The molecule has 13 nitrogen and oxygen atoms in total. The Kier molecular flexibility index (Phi) is 36.7. The molecule has 1 amide bonds. The normalized spacial score (nSPS) is 22.9. The molecule has 8 atom stereocenters. The van der Waals surface area contributed by atoms with Crippen molar-refractivity contribution in [2.75, 3.05) is 6.61 Å². The number of carbonyl (C=O) groups excluding carboxylic acids is 1. The predicted octanol–water partition coefficient (Wildman–Crippen LogP) is 9.21. The lowest BCUT2D eigenvalue weighted by Gasteiger charge is -2.41. The molecule has 0 radical (unpaired) electrons. The van der Waals surface area contributed by atoms with E-state index in [1.807, 2.05) is 0 Å². The molecule has 8 unspecified atom stereocenters. The van der Waals surface area contributed by atoms with Crippen molar-refractivity contribution in [3.63, 3.8) is 0 Å². The number of hydrogen-bond acceptors (Lipinski definition) is 11. The van der Waals surface area contributed by atoms with Crippen LogP contribution in [0.15, 0.2) is 0 Å². The first-order valence-electron chi connectivity index (χ1n) is 25.6. The van der Waals surface area contributed by atoms with E-state index in [2.05, 4.69) is 19.2 Å². The van der Waals surface area contributed by atoms with Gasteiger partial charge in [0, 0.05) is 0 Å². The van der Waals surface area contributed by atoms with Gasteiger partial charge in [0.15, 0.2) is 0 Å². The van der Waals surface area contributed by atoms with Crippen LogP contribution < -0.4 is 5.32 Å². The first-order valence-corrected chi connectivity index (χ1v) is 27.1. The summed E-state index contributed by atoms with van der Waals surface area (Å²) in [5.74, 6) is -0.556. The maximum Gasteiger partial charge on any atom is 0.472 e. The van der Waals surface area contributed by atoms with Crippen LogP contribution in [0.1, 0.15) is 239 Å². The molecule has 0 spiro atoms. The van der Waals surface area contributed by atoms with Crippen LogP contribution in [0.2, 0.25) is 0 Å². The summed E-state index contributed by atoms with van der Waals surface area (Å²) >= 11 is 0. The quantitative estimate of drug-likeness (QED) is 0.0206. The summed E-state index contributed by atoms with van der Waals surface area (Å²) in [6, 6.07) is -1.15. The number of aliphatic hydroxyl groups is 7. The number of phosphoric ester groups is 1. The zero-order chi connectivity index (χ0) is 45.9. The van der Waals surface area contributed by atoms with E-state index < -0.39 is 75.2 Å². The summed E-state index contributed by atoms with van der Waals surface area (Å²) in [4.78, 5) is 23.5. The Morgan fingerprint density at radius 2 is 0.806 bits per heavy atom. The molecule has 1 rings (SSSR count). The minimum atomic E-state index is -5.11. The highest BCUT2D eigenvalue weighted by Crippen LogP contribution is 2.47. The largest absolute Gasteiger partial charge is 0.472 e. The molecule has 1 fully saturated rings. The van der Waals surface area contributed by atoms with Gasteiger partial charge < -0.3 is 46.0 Å². The number of rotatable bonds is 43. The number of carbonyl (C=O) groups is 1. The summed E-state index contributed by atoms with van der Waals surface area (Å²) in [6.45, 7) is 3.80. The molecule has 1 saturated carbocycles. The zero-order valence-corrected chi connectivity index (χ0v) is 40.2. The van der Waals surface area contributed by atoms with Crippen molar-refractivity contribution in [3.05, 3.63) is 0 Å². The van der Waals surface area contributed by atoms with Crippen molar-refractivity contribution in [3.8, 4) is 0 Å². The highest BCUT2D eigenvalue weighted by atomic mass is 31.2.